The number of rotatable bonds is 0. The predicted molar refractivity (Wildman–Crippen MR) is 95.6 cm³/mol. The minimum atomic E-state index is 0.322. The van der Waals surface area contributed by atoms with E-state index < -0.39 is 0 Å². The Bertz CT molecular complexity index is 490. The molecule has 3 nitrogen and oxygen atoms in total. The Labute approximate surface area is 138 Å². The number of phenolic OH excluding ortho intramolecular Hbond substituents is 2. The summed E-state index contributed by atoms with van der Waals surface area (Å²) in [5, 5.41) is 17.3. The van der Waals surface area contributed by atoms with E-state index in [-0.39, 0.29) is 0 Å². The molecule has 0 spiro atoms. The van der Waals surface area contributed by atoms with Crippen molar-refractivity contribution in [2.24, 2.45) is 0 Å². The first-order valence-electron chi connectivity index (χ1n) is 7.09. The summed E-state index contributed by atoms with van der Waals surface area (Å²) in [5.41, 5.74) is 0. The van der Waals surface area contributed by atoms with Crippen LogP contribution < -0.4 is 0 Å². The third-order valence-electron chi connectivity index (χ3n) is 2.18. The van der Waals surface area contributed by atoms with Crippen LogP contribution in [0.1, 0.15) is 0 Å². The first-order chi connectivity index (χ1) is 11.2. The highest BCUT2D eigenvalue weighted by Gasteiger charge is 1.75. The molecule has 0 aliphatic heterocycles. The van der Waals surface area contributed by atoms with E-state index in [0.29, 0.717) is 11.5 Å². The fourth-order valence-electron chi connectivity index (χ4n) is 1.24. The highest BCUT2D eigenvalue weighted by atomic mass is 16.4. The van der Waals surface area contributed by atoms with Gasteiger partial charge in [-0.2, -0.15) is 0 Å². The van der Waals surface area contributed by atoms with E-state index in [9.17, 15) is 0 Å². The molecule has 0 bridgehead atoms. The summed E-state index contributed by atoms with van der Waals surface area (Å²) in [4.78, 5) is 0. The number of phenols is 2. The molecule has 23 heavy (non-hydrogen) atoms. The molecule has 0 aliphatic carbocycles. The summed E-state index contributed by atoms with van der Waals surface area (Å²) in [6, 6.07) is 29.4. The summed E-state index contributed by atoms with van der Waals surface area (Å²) < 4.78 is 4.25. The van der Waals surface area contributed by atoms with Crippen LogP contribution in [-0.4, -0.2) is 24.4 Å². The van der Waals surface area contributed by atoms with Gasteiger partial charge in [0, 0.05) is 14.2 Å². The molecule has 3 rings (SSSR count). The Morgan fingerprint density at radius 1 is 0.478 bits per heavy atom. The maximum atomic E-state index is 8.63. The van der Waals surface area contributed by atoms with Crippen molar-refractivity contribution in [3.63, 3.8) is 0 Å². The number of ether oxygens (including phenoxy) is 1. The molecule has 0 radical (unpaired) electrons. The van der Waals surface area contributed by atoms with Gasteiger partial charge in [-0.05, 0) is 24.3 Å². The molecule has 122 valence electrons. The van der Waals surface area contributed by atoms with Crippen molar-refractivity contribution >= 4 is 0 Å². The van der Waals surface area contributed by atoms with Crippen molar-refractivity contribution < 1.29 is 14.9 Å². The zero-order valence-electron chi connectivity index (χ0n) is 13.5. The highest BCUT2D eigenvalue weighted by Crippen LogP contribution is 2.03. The summed E-state index contributed by atoms with van der Waals surface area (Å²) >= 11 is 0. The molecular weight excluding hydrogens is 288 g/mol. The van der Waals surface area contributed by atoms with Gasteiger partial charge < -0.3 is 14.9 Å². The summed E-state index contributed by atoms with van der Waals surface area (Å²) in [6.07, 6.45) is 0. The minimum Gasteiger partial charge on any atom is -0.508 e. The second-order valence-corrected chi connectivity index (χ2v) is 4.23. The van der Waals surface area contributed by atoms with E-state index in [1.165, 1.54) is 0 Å². The van der Waals surface area contributed by atoms with Crippen LogP contribution in [-0.2, 0) is 4.74 Å². The normalized spacial score (nSPS) is 8.09. The third kappa shape index (κ3) is 15.4. The molecule has 3 aromatic carbocycles. The Morgan fingerprint density at radius 3 is 0.783 bits per heavy atom. The van der Waals surface area contributed by atoms with Gasteiger partial charge in [0.05, 0.1) is 0 Å². The van der Waals surface area contributed by atoms with Crippen LogP contribution >= 0.6 is 0 Å². The van der Waals surface area contributed by atoms with Crippen molar-refractivity contribution in [1.29, 1.82) is 0 Å². The number of hydrogen-bond acceptors (Lipinski definition) is 3. The fourth-order valence-corrected chi connectivity index (χ4v) is 1.24. The lowest BCUT2D eigenvalue weighted by molar-refractivity contribution is 0.277. The van der Waals surface area contributed by atoms with E-state index in [1.54, 1.807) is 62.8 Å². The lowest BCUT2D eigenvalue weighted by atomic mass is 10.3. The van der Waals surface area contributed by atoms with Gasteiger partial charge in [-0.1, -0.05) is 72.8 Å². The molecule has 3 heteroatoms. The van der Waals surface area contributed by atoms with Gasteiger partial charge in [-0.3, -0.25) is 0 Å². The number of para-hydroxylation sites is 2. The number of methoxy groups -OCH3 is 1. The topological polar surface area (TPSA) is 49.7 Å². The zero-order valence-corrected chi connectivity index (χ0v) is 13.5. The quantitative estimate of drug-likeness (QED) is 0.630. The monoisotopic (exact) mass is 312 g/mol. The van der Waals surface area contributed by atoms with Gasteiger partial charge in [0.1, 0.15) is 11.5 Å². The second kappa shape index (κ2) is 15.6. The van der Waals surface area contributed by atoms with Crippen LogP contribution in [0.3, 0.4) is 0 Å². The molecule has 0 fully saturated rings. The number of aromatic hydroxyl groups is 2. The van der Waals surface area contributed by atoms with Crippen molar-refractivity contribution in [3.05, 3.63) is 97.1 Å². The van der Waals surface area contributed by atoms with Gasteiger partial charge in [-0.15, -0.1) is 0 Å². The largest absolute Gasteiger partial charge is 0.508 e. The van der Waals surface area contributed by atoms with Crippen LogP contribution in [0, 0.1) is 0 Å². The molecule has 0 saturated heterocycles. The van der Waals surface area contributed by atoms with Crippen LogP contribution in [0.5, 0.6) is 11.5 Å². The first-order valence-corrected chi connectivity index (χ1v) is 7.09. The lowest BCUT2D eigenvalue weighted by Gasteiger charge is -1.82. The van der Waals surface area contributed by atoms with E-state index in [0.717, 1.165) is 0 Å². The fraction of sp³-hybridized carbons (Fsp3) is 0.100. The van der Waals surface area contributed by atoms with E-state index >= 15 is 0 Å². The van der Waals surface area contributed by atoms with Crippen LogP contribution in [0.2, 0.25) is 0 Å². The lowest BCUT2D eigenvalue weighted by Crippen LogP contribution is -1.56. The van der Waals surface area contributed by atoms with Gasteiger partial charge in [0.25, 0.3) is 0 Å². The summed E-state index contributed by atoms with van der Waals surface area (Å²) in [7, 11) is 3.25. The predicted octanol–water partition coefficient (Wildman–Crippen LogP) is 4.73. The van der Waals surface area contributed by atoms with Crippen molar-refractivity contribution in [2.75, 3.05) is 14.2 Å². The molecule has 0 amide bonds. The maximum absolute atomic E-state index is 8.63. The number of hydrogen-bond donors (Lipinski definition) is 2. The summed E-state index contributed by atoms with van der Waals surface area (Å²) in [6.45, 7) is 0. The highest BCUT2D eigenvalue weighted by molar-refractivity contribution is 5.19. The van der Waals surface area contributed by atoms with Gasteiger partial charge >= 0.3 is 0 Å². The van der Waals surface area contributed by atoms with E-state index in [1.807, 2.05) is 48.5 Å². The third-order valence-corrected chi connectivity index (χ3v) is 2.18. The average molecular weight is 312 g/mol. The molecule has 2 N–H and O–H groups in total. The molecule has 0 atom stereocenters. The molecule has 0 unspecified atom stereocenters. The number of benzene rings is 3. The Morgan fingerprint density at radius 2 is 0.652 bits per heavy atom. The first kappa shape index (κ1) is 20.2. The Kier molecular flexibility index (Phi) is 13.7. The molecule has 0 aliphatic rings. The van der Waals surface area contributed by atoms with Gasteiger partial charge in [0.2, 0.25) is 0 Å². The minimum absolute atomic E-state index is 0.322. The molecule has 0 aromatic heterocycles. The standard InChI is InChI=1S/2C6H6O.C6H6.C2H6O/c2*7-6-4-2-1-3-5-6;1-2-4-6-5-3-1;1-3-2/h2*1-5,7H;1-6H;1-2H3. The average Bonchev–Trinajstić information content (AvgIpc) is 2.60. The molecule has 3 aromatic rings. The van der Waals surface area contributed by atoms with Crippen LogP contribution in [0.4, 0.5) is 0 Å². The zero-order chi connectivity index (χ0) is 17.2. The maximum Gasteiger partial charge on any atom is 0.115 e. The van der Waals surface area contributed by atoms with Gasteiger partial charge in [-0.25, -0.2) is 0 Å². The Balaban J connectivity index is 0.000000292. The van der Waals surface area contributed by atoms with E-state index in [2.05, 4.69) is 4.74 Å². The molecule has 0 heterocycles. The van der Waals surface area contributed by atoms with Crippen molar-refractivity contribution in [1.82, 2.24) is 0 Å². The van der Waals surface area contributed by atoms with Gasteiger partial charge in [0.15, 0.2) is 0 Å². The Hall–Kier alpha value is -2.78. The van der Waals surface area contributed by atoms with Crippen LogP contribution in [0.25, 0.3) is 0 Å². The second-order valence-electron chi connectivity index (χ2n) is 4.23. The molecular formula is C20H24O3. The van der Waals surface area contributed by atoms with Crippen LogP contribution in [0.15, 0.2) is 97.1 Å². The van der Waals surface area contributed by atoms with Crippen molar-refractivity contribution in [3.8, 4) is 11.5 Å². The molecule has 0 saturated carbocycles. The summed E-state index contributed by atoms with van der Waals surface area (Å²) in [5.74, 6) is 0.644. The smallest absolute Gasteiger partial charge is 0.115 e. The van der Waals surface area contributed by atoms with Crippen molar-refractivity contribution in [2.45, 2.75) is 0 Å². The SMILES string of the molecule is COC.Oc1ccccc1.Oc1ccccc1.c1ccccc1. The van der Waals surface area contributed by atoms with E-state index in [4.69, 9.17) is 10.2 Å².